The first-order valence-electron chi connectivity index (χ1n) is 12.0. The van der Waals surface area contributed by atoms with E-state index < -0.39 is 29.2 Å². The van der Waals surface area contributed by atoms with Gasteiger partial charge in [0.1, 0.15) is 18.0 Å². The van der Waals surface area contributed by atoms with Gasteiger partial charge in [-0.3, -0.25) is 19.3 Å². The van der Waals surface area contributed by atoms with Crippen molar-refractivity contribution >= 4 is 28.8 Å². The molecule has 10 heteroatoms. The Morgan fingerprint density at radius 3 is 2.35 bits per heavy atom. The average Bonchev–Trinajstić information content (AvgIpc) is 3.15. The third-order valence-electron chi connectivity index (χ3n) is 6.12. The molecule has 4 rings (SSSR count). The molecule has 1 aromatic heterocycles. The van der Waals surface area contributed by atoms with Gasteiger partial charge in [-0.25, -0.2) is 4.98 Å². The lowest BCUT2D eigenvalue weighted by Crippen LogP contribution is -2.43. The van der Waals surface area contributed by atoms with Crippen LogP contribution in [0.1, 0.15) is 56.5 Å². The summed E-state index contributed by atoms with van der Waals surface area (Å²) in [7, 11) is 0. The highest BCUT2D eigenvalue weighted by Gasteiger charge is 2.34. The van der Waals surface area contributed by atoms with Crippen molar-refractivity contribution in [1.82, 2.24) is 14.5 Å². The molecule has 0 bridgehead atoms. The van der Waals surface area contributed by atoms with E-state index in [1.54, 1.807) is 25.3 Å². The van der Waals surface area contributed by atoms with Gasteiger partial charge >= 0.3 is 12.1 Å². The molecular weight excluding hydrogens is 487 g/mol. The molecule has 0 radical (unpaired) electrons. The van der Waals surface area contributed by atoms with Gasteiger partial charge < -0.3 is 9.30 Å². The molecule has 1 saturated heterocycles. The number of hydrogen-bond donors (Lipinski definition) is 0. The van der Waals surface area contributed by atoms with Gasteiger partial charge in [0.05, 0.1) is 23.0 Å². The summed E-state index contributed by atoms with van der Waals surface area (Å²) in [6.07, 6.45) is -4.16. The van der Waals surface area contributed by atoms with Gasteiger partial charge in [0, 0.05) is 18.9 Å². The smallest absolute Gasteiger partial charge is 0.416 e. The molecule has 2 heterocycles. The molecule has 0 N–H and O–H groups in total. The number of benzene rings is 2. The number of carbonyl (C=O) groups is 3. The minimum Gasteiger partial charge on any atom is -0.459 e. The van der Waals surface area contributed by atoms with Crippen LogP contribution in [0.2, 0.25) is 0 Å². The molecule has 1 atom stereocenters. The van der Waals surface area contributed by atoms with Crippen molar-refractivity contribution in [2.24, 2.45) is 0 Å². The van der Waals surface area contributed by atoms with Crippen LogP contribution in [0.5, 0.6) is 0 Å². The highest BCUT2D eigenvalue weighted by Crippen LogP contribution is 2.32. The van der Waals surface area contributed by atoms with E-state index in [2.05, 4.69) is 0 Å². The van der Waals surface area contributed by atoms with E-state index in [0.717, 1.165) is 22.5 Å². The predicted molar refractivity (Wildman–Crippen MR) is 129 cm³/mol. The minimum atomic E-state index is -4.46. The van der Waals surface area contributed by atoms with Crippen LogP contribution in [0.25, 0.3) is 11.0 Å². The predicted octanol–water partition coefficient (Wildman–Crippen LogP) is 4.87. The molecule has 1 aliphatic rings. The third-order valence-corrected chi connectivity index (χ3v) is 6.12. The topological polar surface area (TPSA) is 81.5 Å². The fourth-order valence-corrected chi connectivity index (χ4v) is 4.47. The maximum Gasteiger partial charge on any atom is 0.416 e. The Morgan fingerprint density at radius 1 is 1.05 bits per heavy atom. The van der Waals surface area contributed by atoms with Gasteiger partial charge in [-0.15, -0.1) is 0 Å². The maximum atomic E-state index is 13.0. The summed E-state index contributed by atoms with van der Waals surface area (Å²) in [6, 6.07) is 11.7. The molecule has 2 aromatic carbocycles. The summed E-state index contributed by atoms with van der Waals surface area (Å²) in [5.74, 6) is -1.01. The zero-order valence-electron chi connectivity index (χ0n) is 20.8. The number of fused-ring (bicyclic) bond motifs is 1. The summed E-state index contributed by atoms with van der Waals surface area (Å²) < 4.78 is 45.6. The standard InChI is InChI=1S/C27H28F3N3O4/c1-26(2,3)37-24(36)16-33-21-7-5-4-6-20(21)31-25(33)18-12-13-32(23(35)15-18)22(34)14-17-8-10-19(11-9-17)27(28,29)30/h4-11,18H,12-16H2,1-3H3. The van der Waals surface area contributed by atoms with Crippen LogP contribution in [0.15, 0.2) is 48.5 Å². The molecule has 0 spiro atoms. The summed E-state index contributed by atoms with van der Waals surface area (Å²) in [5, 5.41) is 0. The number of nitrogens with zero attached hydrogens (tertiary/aromatic N) is 3. The highest BCUT2D eigenvalue weighted by molar-refractivity contribution is 5.97. The van der Waals surface area contributed by atoms with Crippen LogP contribution in [-0.2, 0) is 38.3 Å². The Balaban J connectivity index is 1.48. The number of alkyl halides is 3. The molecule has 196 valence electrons. The molecular formula is C27H28F3N3O4. The monoisotopic (exact) mass is 515 g/mol. The first kappa shape index (κ1) is 26.4. The van der Waals surface area contributed by atoms with Crippen molar-refractivity contribution in [2.45, 2.75) is 64.3 Å². The largest absolute Gasteiger partial charge is 0.459 e. The van der Waals surface area contributed by atoms with E-state index in [4.69, 9.17) is 9.72 Å². The van der Waals surface area contributed by atoms with Gasteiger partial charge in [0.25, 0.3) is 0 Å². The van der Waals surface area contributed by atoms with Crippen molar-refractivity contribution in [3.05, 3.63) is 65.5 Å². The number of halogens is 3. The van der Waals surface area contributed by atoms with Crippen LogP contribution in [0.3, 0.4) is 0 Å². The number of imide groups is 1. The average molecular weight is 516 g/mol. The SMILES string of the molecule is CC(C)(C)OC(=O)Cn1c(C2CCN(C(=O)Cc3ccc(C(F)(F)F)cc3)C(=O)C2)nc2ccccc21. The number of para-hydroxylation sites is 2. The van der Waals surface area contributed by atoms with Crippen LogP contribution < -0.4 is 0 Å². The molecule has 0 saturated carbocycles. The number of piperidine rings is 1. The third kappa shape index (κ3) is 6.18. The van der Waals surface area contributed by atoms with Crippen LogP contribution in [0, 0.1) is 0 Å². The normalized spacial score (nSPS) is 16.8. The van der Waals surface area contributed by atoms with Gasteiger partial charge in [-0.2, -0.15) is 13.2 Å². The summed E-state index contributed by atoms with van der Waals surface area (Å²) in [5.41, 5.74) is 0.385. The van der Waals surface area contributed by atoms with Gasteiger partial charge in [0.15, 0.2) is 0 Å². The van der Waals surface area contributed by atoms with Crippen molar-refractivity contribution in [2.75, 3.05) is 6.54 Å². The first-order valence-corrected chi connectivity index (χ1v) is 12.0. The van der Waals surface area contributed by atoms with E-state index in [1.165, 1.54) is 12.1 Å². The number of ether oxygens (including phenoxy) is 1. The minimum absolute atomic E-state index is 0.0242. The number of amides is 2. The maximum absolute atomic E-state index is 13.0. The zero-order valence-corrected chi connectivity index (χ0v) is 20.8. The number of imidazole rings is 1. The van der Waals surface area contributed by atoms with Crippen molar-refractivity contribution in [1.29, 1.82) is 0 Å². The molecule has 0 aliphatic carbocycles. The van der Waals surface area contributed by atoms with E-state index in [9.17, 15) is 27.6 Å². The molecule has 7 nitrogen and oxygen atoms in total. The fourth-order valence-electron chi connectivity index (χ4n) is 4.47. The quantitative estimate of drug-likeness (QED) is 0.453. The lowest BCUT2D eigenvalue weighted by molar-refractivity contribution is -0.155. The summed E-state index contributed by atoms with van der Waals surface area (Å²) in [6.45, 7) is 5.45. The van der Waals surface area contributed by atoms with Crippen LogP contribution in [-0.4, -0.2) is 44.4 Å². The first-order chi connectivity index (χ1) is 17.3. The number of likely N-dealkylation sites (tertiary alicyclic amines) is 1. The van der Waals surface area contributed by atoms with Crippen molar-refractivity contribution in [3.63, 3.8) is 0 Å². The molecule has 37 heavy (non-hydrogen) atoms. The summed E-state index contributed by atoms with van der Waals surface area (Å²) >= 11 is 0. The Labute approximate surface area is 212 Å². The second kappa shape index (κ2) is 9.99. The van der Waals surface area contributed by atoms with E-state index in [1.807, 2.05) is 24.3 Å². The number of esters is 1. The second-order valence-corrected chi connectivity index (χ2v) is 10.1. The summed E-state index contributed by atoms with van der Waals surface area (Å²) in [4.78, 5) is 44.2. The molecule has 3 aromatic rings. The van der Waals surface area contributed by atoms with Crippen LogP contribution >= 0.6 is 0 Å². The fraction of sp³-hybridized carbons (Fsp3) is 0.407. The number of aromatic nitrogens is 2. The van der Waals surface area contributed by atoms with E-state index in [0.29, 0.717) is 23.3 Å². The molecule has 1 unspecified atom stereocenters. The molecule has 1 fully saturated rings. The van der Waals surface area contributed by atoms with Gasteiger partial charge in [0.2, 0.25) is 11.8 Å². The molecule has 1 aliphatic heterocycles. The Hall–Kier alpha value is -3.69. The lowest BCUT2D eigenvalue weighted by Gasteiger charge is -2.30. The number of rotatable bonds is 5. The number of hydrogen-bond acceptors (Lipinski definition) is 5. The van der Waals surface area contributed by atoms with Gasteiger partial charge in [-0.05, 0) is 57.0 Å². The Morgan fingerprint density at radius 2 is 1.73 bits per heavy atom. The Bertz CT molecular complexity index is 1320. The van der Waals surface area contributed by atoms with Gasteiger partial charge in [-0.1, -0.05) is 24.3 Å². The highest BCUT2D eigenvalue weighted by atomic mass is 19.4. The van der Waals surface area contributed by atoms with Crippen molar-refractivity contribution in [3.8, 4) is 0 Å². The van der Waals surface area contributed by atoms with E-state index >= 15 is 0 Å². The van der Waals surface area contributed by atoms with E-state index in [-0.39, 0.29) is 37.8 Å². The Kier molecular flexibility index (Phi) is 7.12. The second-order valence-electron chi connectivity index (χ2n) is 10.1. The zero-order chi connectivity index (χ0) is 27.0. The van der Waals surface area contributed by atoms with Crippen LogP contribution in [0.4, 0.5) is 13.2 Å². The lowest BCUT2D eigenvalue weighted by atomic mass is 9.94. The molecule has 2 amide bonds. The van der Waals surface area contributed by atoms with Crippen molar-refractivity contribution < 1.29 is 32.3 Å². The number of carbonyl (C=O) groups excluding carboxylic acids is 3.